The molecule has 1 heterocycles. The van der Waals surface area contributed by atoms with Crippen molar-refractivity contribution < 1.29 is 4.42 Å². The Morgan fingerprint density at radius 1 is 0.322 bits per heavy atom. The van der Waals surface area contributed by atoms with Gasteiger partial charge in [0.2, 0.25) is 0 Å². The lowest BCUT2D eigenvalue weighted by Gasteiger charge is -2.25. The van der Waals surface area contributed by atoms with Crippen LogP contribution in [0.15, 0.2) is 223 Å². The minimum atomic E-state index is 0.0256. The van der Waals surface area contributed by atoms with Crippen molar-refractivity contribution in [2.45, 2.75) is 11.8 Å². The number of rotatable bonds is 6. The summed E-state index contributed by atoms with van der Waals surface area (Å²) in [6, 6.07) is 80.4. The van der Waals surface area contributed by atoms with E-state index in [1.807, 2.05) is 6.07 Å². The highest BCUT2D eigenvalue weighted by Gasteiger charge is 2.31. The van der Waals surface area contributed by atoms with Crippen LogP contribution in [0.4, 0.5) is 0 Å². The minimum Gasteiger partial charge on any atom is -0.456 e. The van der Waals surface area contributed by atoms with Crippen LogP contribution in [0.1, 0.15) is 45.2 Å². The highest BCUT2D eigenvalue weighted by molar-refractivity contribution is 6.05. The third kappa shape index (κ3) is 5.47. The van der Waals surface area contributed by atoms with Crippen LogP contribution in [0.5, 0.6) is 0 Å². The second kappa shape index (κ2) is 13.6. The Hall–Kier alpha value is -7.48. The van der Waals surface area contributed by atoms with Gasteiger partial charge in [0.15, 0.2) is 0 Å². The molecule has 1 atom stereocenters. The smallest absolute Gasteiger partial charge is 0.135 e. The second-order valence-corrected chi connectivity index (χ2v) is 15.9. The number of hydrogen-bond donors (Lipinski definition) is 0. The molecule has 0 amide bonds. The van der Waals surface area contributed by atoms with Gasteiger partial charge in [-0.25, -0.2) is 0 Å². The van der Waals surface area contributed by atoms with Gasteiger partial charge in [-0.2, -0.15) is 0 Å². The van der Waals surface area contributed by atoms with E-state index >= 15 is 0 Å². The first-order valence-corrected chi connectivity index (χ1v) is 20.6. The van der Waals surface area contributed by atoms with Crippen LogP contribution in [-0.2, 0) is 0 Å². The van der Waals surface area contributed by atoms with Crippen molar-refractivity contribution in [1.82, 2.24) is 0 Å². The fraction of sp³-hybridized carbons (Fsp3) is 0.0345. The first kappa shape index (κ1) is 33.6. The van der Waals surface area contributed by atoms with Crippen molar-refractivity contribution in [3.8, 4) is 33.4 Å². The topological polar surface area (TPSA) is 13.1 Å². The van der Waals surface area contributed by atoms with Gasteiger partial charge >= 0.3 is 0 Å². The monoisotopic (exact) mass is 750 g/mol. The first-order valence-electron chi connectivity index (χ1n) is 20.6. The van der Waals surface area contributed by atoms with E-state index in [0.29, 0.717) is 0 Å². The van der Waals surface area contributed by atoms with Crippen LogP contribution in [-0.4, -0.2) is 0 Å². The van der Waals surface area contributed by atoms with Gasteiger partial charge in [-0.1, -0.05) is 194 Å². The second-order valence-electron chi connectivity index (χ2n) is 15.9. The van der Waals surface area contributed by atoms with E-state index in [-0.39, 0.29) is 11.8 Å². The molecule has 1 aliphatic rings. The lowest BCUT2D eigenvalue weighted by molar-refractivity contribution is 0.668. The van der Waals surface area contributed by atoms with Gasteiger partial charge in [-0.15, -0.1) is 0 Å². The standard InChI is InChI=1S/C58H38O/c1-3-17-43-38(13-1)15-11-24-50(43)58(51-25-12-16-39-14-2-4-18-44(39)51)49-22-7-5-19-45(49)40-29-27-37(28-30-40)41-31-33-47-46-20-6-8-23-52(46)57(54(47)35-41)42-32-34-56-53(36-42)48-21-9-10-26-55(48)59-56/h1-36,57-58H. The third-order valence-electron chi connectivity index (χ3n) is 12.7. The molecule has 0 fully saturated rings. The summed E-state index contributed by atoms with van der Waals surface area (Å²) in [4.78, 5) is 0. The molecule has 1 unspecified atom stereocenters. The molecule has 0 N–H and O–H groups in total. The zero-order valence-corrected chi connectivity index (χ0v) is 32.3. The number of hydrogen-bond acceptors (Lipinski definition) is 1. The van der Waals surface area contributed by atoms with Crippen molar-refractivity contribution in [3.05, 3.63) is 252 Å². The van der Waals surface area contributed by atoms with Crippen molar-refractivity contribution in [2.24, 2.45) is 0 Å². The molecule has 0 aliphatic heterocycles. The van der Waals surface area contributed by atoms with Gasteiger partial charge < -0.3 is 4.42 Å². The summed E-state index contributed by atoms with van der Waals surface area (Å²) in [6.45, 7) is 0. The summed E-state index contributed by atoms with van der Waals surface area (Å²) >= 11 is 0. The molecule has 276 valence electrons. The number of furan rings is 1. The Bertz CT molecular complexity index is 3310. The van der Waals surface area contributed by atoms with E-state index in [1.165, 1.54) is 93.7 Å². The molecule has 1 heteroatoms. The highest BCUT2D eigenvalue weighted by atomic mass is 16.3. The van der Waals surface area contributed by atoms with E-state index < -0.39 is 0 Å². The minimum absolute atomic E-state index is 0.0256. The van der Waals surface area contributed by atoms with E-state index in [1.54, 1.807) is 0 Å². The maximum atomic E-state index is 6.23. The van der Waals surface area contributed by atoms with Crippen LogP contribution in [0.3, 0.4) is 0 Å². The molecule has 11 aromatic rings. The average molecular weight is 751 g/mol. The summed E-state index contributed by atoms with van der Waals surface area (Å²) in [5, 5.41) is 7.41. The fourth-order valence-corrected chi connectivity index (χ4v) is 10.0. The molecule has 12 rings (SSSR count). The molecule has 1 aliphatic carbocycles. The number of fused-ring (bicyclic) bond motifs is 8. The van der Waals surface area contributed by atoms with Crippen molar-refractivity contribution in [3.63, 3.8) is 0 Å². The number of para-hydroxylation sites is 1. The Labute approximate surface area is 343 Å². The van der Waals surface area contributed by atoms with Gasteiger partial charge in [0.1, 0.15) is 11.2 Å². The van der Waals surface area contributed by atoms with Crippen LogP contribution < -0.4 is 0 Å². The summed E-state index contributed by atoms with van der Waals surface area (Å²) in [5.41, 5.74) is 17.3. The maximum Gasteiger partial charge on any atom is 0.135 e. The largest absolute Gasteiger partial charge is 0.456 e. The van der Waals surface area contributed by atoms with Gasteiger partial charge in [0.05, 0.1) is 0 Å². The summed E-state index contributed by atoms with van der Waals surface area (Å²) in [7, 11) is 0. The number of benzene rings is 10. The van der Waals surface area contributed by atoms with Crippen molar-refractivity contribution in [1.29, 1.82) is 0 Å². The van der Waals surface area contributed by atoms with Crippen LogP contribution in [0.25, 0.3) is 76.9 Å². The molecule has 0 bridgehead atoms. The molecule has 1 aromatic heterocycles. The lowest BCUT2D eigenvalue weighted by Crippen LogP contribution is -2.07. The Kier molecular flexibility index (Phi) is 7.74. The van der Waals surface area contributed by atoms with E-state index in [9.17, 15) is 0 Å². The SMILES string of the molecule is c1ccc2c(c1)-c1ccc(-c3ccc(-c4ccccc4C(c4cccc5ccccc45)c4cccc5ccccc45)cc3)cc1C2c1ccc2oc3ccccc3c2c1. The molecule has 10 aromatic carbocycles. The van der Waals surface area contributed by atoms with Crippen LogP contribution in [0.2, 0.25) is 0 Å². The van der Waals surface area contributed by atoms with E-state index in [2.05, 4.69) is 212 Å². The van der Waals surface area contributed by atoms with Crippen LogP contribution >= 0.6 is 0 Å². The molecular weight excluding hydrogens is 713 g/mol. The molecule has 0 saturated carbocycles. The molecule has 0 radical (unpaired) electrons. The van der Waals surface area contributed by atoms with Crippen molar-refractivity contribution >= 4 is 43.5 Å². The Morgan fingerprint density at radius 2 is 0.864 bits per heavy atom. The predicted octanol–water partition coefficient (Wildman–Crippen LogP) is 15.6. The lowest BCUT2D eigenvalue weighted by atomic mass is 9.78. The molecule has 0 spiro atoms. The Balaban J connectivity index is 0.963. The summed E-state index contributed by atoms with van der Waals surface area (Å²) in [6.07, 6.45) is 0. The van der Waals surface area contributed by atoms with E-state index in [4.69, 9.17) is 4.42 Å². The van der Waals surface area contributed by atoms with Gasteiger partial charge in [-0.05, 0) is 113 Å². The molecule has 59 heavy (non-hydrogen) atoms. The van der Waals surface area contributed by atoms with E-state index in [0.717, 1.165) is 16.6 Å². The maximum absolute atomic E-state index is 6.23. The van der Waals surface area contributed by atoms with Gasteiger partial charge in [-0.3, -0.25) is 0 Å². The van der Waals surface area contributed by atoms with Crippen LogP contribution in [0, 0.1) is 0 Å². The zero-order valence-electron chi connectivity index (χ0n) is 32.3. The first-order chi connectivity index (χ1) is 29.3. The quantitative estimate of drug-likeness (QED) is 0.154. The highest BCUT2D eigenvalue weighted by Crippen LogP contribution is 2.50. The summed E-state index contributed by atoms with van der Waals surface area (Å²) in [5.74, 6) is 0.156. The normalized spacial score (nSPS) is 13.4. The molecule has 0 saturated heterocycles. The summed E-state index contributed by atoms with van der Waals surface area (Å²) < 4.78 is 6.23. The zero-order chi connectivity index (χ0) is 38.9. The fourth-order valence-electron chi connectivity index (χ4n) is 10.0. The van der Waals surface area contributed by atoms with Crippen molar-refractivity contribution in [2.75, 3.05) is 0 Å². The molecular formula is C58H38O. The average Bonchev–Trinajstić information content (AvgIpc) is 3.84. The van der Waals surface area contributed by atoms with Gasteiger partial charge in [0.25, 0.3) is 0 Å². The predicted molar refractivity (Wildman–Crippen MR) is 246 cm³/mol. The van der Waals surface area contributed by atoms with Gasteiger partial charge in [0, 0.05) is 22.6 Å². The third-order valence-corrected chi connectivity index (χ3v) is 12.7. The molecule has 1 nitrogen and oxygen atoms in total. The Morgan fingerprint density at radius 3 is 1.63 bits per heavy atom.